The Kier molecular flexibility index (Phi) is 8.04. The maximum atomic E-state index is 6.25. The average Bonchev–Trinajstić information content (AvgIpc) is 2.69. The van der Waals surface area contributed by atoms with E-state index in [4.69, 9.17) is 9.47 Å². The minimum atomic E-state index is -0.126. The Hall–Kier alpha value is -1.96. The monoisotopic (exact) mass is 451 g/mol. The fourth-order valence-electron chi connectivity index (χ4n) is 4.79. The average molecular weight is 452 g/mol. The first-order valence-electron chi connectivity index (χ1n) is 12.5. The third kappa shape index (κ3) is 5.42. The third-order valence-corrected chi connectivity index (χ3v) is 6.46. The summed E-state index contributed by atoms with van der Waals surface area (Å²) in [6.07, 6.45) is 0. The quantitative estimate of drug-likeness (QED) is 0.436. The summed E-state index contributed by atoms with van der Waals surface area (Å²) in [6.45, 7) is 27.2. The van der Waals surface area contributed by atoms with E-state index < -0.39 is 0 Å². The van der Waals surface area contributed by atoms with Gasteiger partial charge in [0.1, 0.15) is 11.5 Å². The summed E-state index contributed by atoms with van der Waals surface area (Å²) < 4.78 is 12.3. The lowest BCUT2D eigenvalue weighted by atomic mass is 9.72. The van der Waals surface area contributed by atoms with Crippen molar-refractivity contribution >= 4 is 0 Å². The standard InChI is InChI=1S/C31H47O2/c1-18(2)21-15-22(19(3)4)26(23(16-21)20(5)6)24-17-25(32-13)27(30(7,8)9)28(29(24)33-14)31(10,11)12/h15-16,18-20H,1-14H3. The molecule has 0 saturated heterocycles. The van der Waals surface area contributed by atoms with E-state index >= 15 is 0 Å². The van der Waals surface area contributed by atoms with Crippen LogP contribution in [0.15, 0.2) is 12.1 Å². The highest BCUT2D eigenvalue weighted by molar-refractivity contribution is 5.82. The molecule has 0 fully saturated rings. The molecular formula is C31H47O2. The molecule has 2 aromatic carbocycles. The van der Waals surface area contributed by atoms with Crippen molar-refractivity contribution in [3.05, 3.63) is 46.0 Å². The van der Waals surface area contributed by atoms with Crippen molar-refractivity contribution in [1.29, 1.82) is 0 Å². The molecule has 0 saturated carbocycles. The fraction of sp³-hybridized carbons (Fsp3) is 0.613. The van der Waals surface area contributed by atoms with E-state index in [-0.39, 0.29) is 10.8 Å². The van der Waals surface area contributed by atoms with Crippen LogP contribution in [-0.2, 0) is 10.8 Å². The molecule has 2 aromatic rings. The molecule has 183 valence electrons. The largest absolute Gasteiger partial charge is 0.496 e. The molecule has 0 bridgehead atoms. The van der Waals surface area contributed by atoms with Crippen molar-refractivity contribution in [3.63, 3.8) is 0 Å². The predicted octanol–water partition coefficient (Wildman–Crippen LogP) is 9.14. The predicted molar refractivity (Wildman–Crippen MR) is 143 cm³/mol. The maximum Gasteiger partial charge on any atom is 0.131 e. The van der Waals surface area contributed by atoms with Crippen LogP contribution in [0.1, 0.15) is 129 Å². The molecule has 0 aliphatic heterocycles. The summed E-state index contributed by atoms with van der Waals surface area (Å²) in [6, 6.07) is 8.50. The minimum absolute atomic E-state index is 0.112. The van der Waals surface area contributed by atoms with Gasteiger partial charge in [0.15, 0.2) is 0 Å². The van der Waals surface area contributed by atoms with Crippen molar-refractivity contribution in [3.8, 4) is 22.6 Å². The van der Waals surface area contributed by atoms with Crippen LogP contribution in [0.5, 0.6) is 11.5 Å². The van der Waals surface area contributed by atoms with Crippen LogP contribution in [0.3, 0.4) is 0 Å². The summed E-state index contributed by atoms with van der Waals surface area (Å²) in [4.78, 5) is 0. The Morgan fingerprint density at radius 1 is 0.667 bits per heavy atom. The van der Waals surface area contributed by atoms with Crippen molar-refractivity contribution in [2.75, 3.05) is 14.2 Å². The first-order chi connectivity index (χ1) is 15.1. The molecule has 0 spiro atoms. The summed E-state index contributed by atoms with van der Waals surface area (Å²) in [5.74, 6) is 2.97. The molecule has 1 radical (unpaired) electrons. The van der Waals surface area contributed by atoms with Crippen molar-refractivity contribution in [2.45, 2.75) is 112 Å². The smallest absolute Gasteiger partial charge is 0.131 e. The van der Waals surface area contributed by atoms with Gasteiger partial charge in [0.2, 0.25) is 0 Å². The Morgan fingerprint density at radius 2 is 1.12 bits per heavy atom. The zero-order valence-corrected chi connectivity index (χ0v) is 23.7. The maximum absolute atomic E-state index is 6.25. The summed E-state index contributed by atoms with van der Waals surface area (Å²) in [7, 11) is 3.56. The van der Waals surface area contributed by atoms with Crippen molar-refractivity contribution < 1.29 is 9.47 Å². The molecule has 0 amide bonds. The van der Waals surface area contributed by atoms with Gasteiger partial charge in [-0.2, -0.15) is 0 Å². The summed E-state index contributed by atoms with van der Waals surface area (Å²) in [5.41, 5.74) is 8.52. The number of hydrogen-bond acceptors (Lipinski definition) is 2. The summed E-state index contributed by atoms with van der Waals surface area (Å²) in [5, 5.41) is 0. The van der Waals surface area contributed by atoms with E-state index in [0.29, 0.717) is 17.8 Å². The van der Waals surface area contributed by atoms with Crippen LogP contribution >= 0.6 is 0 Å². The number of benzene rings is 2. The van der Waals surface area contributed by atoms with Gasteiger partial charge in [-0.05, 0) is 50.8 Å². The van der Waals surface area contributed by atoms with Crippen LogP contribution in [0, 0.1) is 6.07 Å². The second-order valence-corrected chi connectivity index (χ2v) is 12.4. The van der Waals surface area contributed by atoms with Gasteiger partial charge >= 0.3 is 0 Å². The van der Waals surface area contributed by atoms with E-state index in [9.17, 15) is 0 Å². The lowest BCUT2D eigenvalue weighted by molar-refractivity contribution is 0.372. The number of hydrogen-bond donors (Lipinski definition) is 0. The van der Waals surface area contributed by atoms with Gasteiger partial charge in [0, 0.05) is 22.8 Å². The SMILES string of the molecule is COc1[c]c(-c2c(C(C)C)cc(C(C)C)cc2C(C)C)c(OC)c(C(C)(C)C)c1C(C)(C)C. The molecule has 2 nitrogen and oxygen atoms in total. The molecule has 33 heavy (non-hydrogen) atoms. The molecular weight excluding hydrogens is 404 g/mol. The first-order valence-corrected chi connectivity index (χ1v) is 12.5. The van der Waals surface area contributed by atoms with Gasteiger partial charge in [-0.1, -0.05) is 95.2 Å². The molecule has 0 unspecified atom stereocenters. The first kappa shape index (κ1) is 27.3. The topological polar surface area (TPSA) is 18.5 Å². The van der Waals surface area contributed by atoms with Crippen LogP contribution < -0.4 is 9.47 Å². The normalized spacial score (nSPS) is 12.8. The molecule has 2 rings (SSSR count). The lowest BCUT2D eigenvalue weighted by Gasteiger charge is -2.35. The van der Waals surface area contributed by atoms with Gasteiger partial charge in [0.05, 0.1) is 14.2 Å². The summed E-state index contributed by atoms with van der Waals surface area (Å²) >= 11 is 0. The molecule has 0 aliphatic rings. The Morgan fingerprint density at radius 3 is 1.42 bits per heavy atom. The van der Waals surface area contributed by atoms with Gasteiger partial charge in [-0.25, -0.2) is 0 Å². The van der Waals surface area contributed by atoms with E-state index in [2.05, 4.69) is 101 Å². The van der Waals surface area contributed by atoms with E-state index in [0.717, 1.165) is 17.1 Å². The molecule has 0 aromatic heterocycles. The third-order valence-electron chi connectivity index (χ3n) is 6.46. The highest BCUT2D eigenvalue weighted by Crippen LogP contribution is 2.51. The Balaban J connectivity index is 3.20. The van der Waals surface area contributed by atoms with Crippen molar-refractivity contribution in [1.82, 2.24) is 0 Å². The zero-order valence-electron chi connectivity index (χ0n) is 23.7. The molecule has 0 atom stereocenters. The number of rotatable bonds is 6. The number of methoxy groups -OCH3 is 2. The van der Waals surface area contributed by atoms with Gasteiger partial charge in [-0.15, -0.1) is 0 Å². The van der Waals surface area contributed by atoms with Crippen LogP contribution in [0.4, 0.5) is 0 Å². The van der Waals surface area contributed by atoms with Crippen LogP contribution in [0.2, 0.25) is 0 Å². The second kappa shape index (κ2) is 9.72. The highest BCUT2D eigenvalue weighted by atomic mass is 16.5. The number of ether oxygens (including phenoxy) is 2. The minimum Gasteiger partial charge on any atom is -0.496 e. The highest BCUT2D eigenvalue weighted by Gasteiger charge is 2.35. The second-order valence-electron chi connectivity index (χ2n) is 12.4. The molecule has 0 N–H and O–H groups in total. The van der Waals surface area contributed by atoms with E-state index in [1.54, 1.807) is 14.2 Å². The van der Waals surface area contributed by atoms with E-state index in [1.807, 2.05) is 0 Å². The molecule has 2 heteroatoms. The van der Waals surface area contributed by atoms with Gasteiger partial charge in [-0.3, -0.25) is 0 Å². The fourth-order valence-corrected chi connectivity index (χ4v) is 4.79. The van der Waals surface area contributed by atoms with E-state index in [1.165, 1.54) is 33.4 Å². The lowest BCUT2D eigenvalue weighted by Crippen LogP contribution is -2.24. The van der Waals surface area contributed by atoms with Crippen LogP contribution in [0.25, 0.3) is 11.1 Å². The van der Waals surface area contributed by atoms with Gasteiger partial charge in [0.25, 0.3) is 0 Å². The van der Waals surface area contributed by atoms with Gasteiger partial charge < -0.3 is 9.47 Å². The molecule has 0 aliphatic carbocycles. The Labute approximate surface area is 204 Å². The molecule has 0 heterocycles. The Bertz CT molecular complexity index is 950. The van der Waals surface area contributed by atoms with Crippen molar-refractivity contribution in [2.24, 2.45) is 0 Å². The zero-order chi connectivity index (χ0) is 25.5. The van der Waals surface area contributed by atoms with Crippen LogP contribution in [-0.4, -0.2) is 14.2 Å².